The summed E-state index contributed by atoms with van der Waals surface area (Å²) in [5, 5.41) is 5.42. The van der Waals surface area contributed by atoms with E-state index in [4.69, 9.17) is 21.9 Å². The average molecular weight is 199 g/mol. The van der Waals surface area contributed by atoms with Crippen LogP contribution in [-0.4, -0.2) is 39.5 Å². The van der Waals surface area contributed by atoms with Gasteiger partial charge >= 0.3 is 9.45 Å². The van der Waals surface area contributed by atoms with Gasteiger partial charge in [0.1, 0.15) is 0 Å². The van der Waals surface area contributed by atoms with E-state index in [1.54, 1.807) is 0 Å². The predicted molar refractivity (Wildman–Crippen MR) is 41.3 cm³/mol. The van der Waals surface area contributed by atoms with Gasteiger partial charge in [0.05, 0.1) is 0 Å². The molecule has 9 heavy (non-hydrogen) atoms. The van der Waals surface area contributed by atoms with Crippen LogP contribution in [0.5, 0.6) is 0 Å². The topological polar surface area (TPSA) is 62.9 Å². The van der Waals surface area contributed by atoms with E-state index in [0.29, 0.717) is 0 Å². The molecule has 5 nitrogen and oxygen atoms in total. The highest BCUT2D eigenvalue weighted by Crippen LogP contribution is 1.84. The van der Waals surface area contributed by atoms with Gasteiger partial charge in [0.25, 0.3) is 30.0 Å². The second-order valence-electron chi connectivity index (χ2n) is 1.46. The first-order valence-electron chi connectivity index (χ1n) is 2.54. The zero-order valence-corrected chi connectivity index (χ0v) is 10.3. The molecule has 1 heterocycles. The smallest absolute Gasteiger partial charge is 0.387 e. The molecule has 1 aliphatic rings. The maximum Gasteiger partial charge on any atom is 0.387 e. The fourth-order valence-electron chi connectivity index (χ4n) is 0.405. The third-order valence-electron chi connectivity index (χ3n) is 0.798. The highest BCUT2D eigenvalue weighted by Gasteiger charge is 2.09. The maximum absolute atomic E-state index is 5.42. The Kier molecular flexibility index (Phi) is 3.87. The molecule has 0 aliphatic carbocycles. The minimum Gasteiger partial charge on any atom is -0.425 e. The molecule has 0 atom stereocenters. The van der Waals surface area contributed by atoms with Crippen LogP contribution in [0.15, 0.2) is 0 Å². The number of hydrogen-bond donors (Lipinski definition) is 1. The SMILES string of the molecule is N[SiH]1O[SiH2]O[SiH2]O[SiH2]O1. The number of nitrogens with two attached hydrogens (primary N) is 1. The minimum atomic E-state index is -1.77. The zero-order chi connectivity index (χ0) is 6.53. The standard InChI is InChI=1S/H9NO4Si4/c1-9-4-7-2-6-3-8-5-9/h9H,1,6-8H2. The fourth-order valence-corrected chi connectivity index (χ4v) is 7.31. The lowest BCUT2D eigenvalue weighted by molar-refractivity contribution is 0.329. The lowest BCUT2D eigenvalue weighted by atomic mass is 13.9. The Hall–Kier alpha value is 0.668. The van der Waals surface area contributed by atoms with Crippen LogP contribution >= 0.6 is 0 Å². The molecule has 0 saturated carbocycles. The van der Waals surface area contributed by atoms with Gasteiger partial charge in [-0.05, 0) is 0 Å². The molecule has 0 bridgehead atoms. The average Bonchev–Trinajstić information content (AvgIpc) is 1.79. The highest BCUT2D eigenvalue weighted by atomic mass is 28.4. The van der Waals surface area contributed by atoms with Crippen molar-refractivity contribution in [3.05, 3.63) is 0 Å². The zero-order valence-electron chi connectivity index (χ0n) is 4.91. The van der Waals surface area contributed by atoms with E-state index in [1.807, 2.05) is 0 Å². The molecule has 0 aromatic heterocycles. The van der Waals surface area contributed by atoms with E-state index < -0.39 is 39.5 Å². The first kappa shape index (κ1) is 7.77. The van der Waals surface area contributed by atoms with Crippen LogP contribution in [0.4, 0.5) is 0 Å². The van der Waals surface area contributed by atoms with E-state index in [0.717, 1.165) is 0 Å². The van der Waals surface area contributed by atoms with Crippen molar-refractivity contribution < 1.29 is 16.5 Å². The van der Waals surface area contributed by atoms with Gasteiger partial charge in [0.15, 0.2) is 0 Å². The Morgan fingerprint density at radius 1 is 1.00 bits per heavy atom. The van der Waals surface area contributed by atoms with Gasteiger partial charge in [0, 0.05) is 0 Å². The molecule has 0 amide bonds. The van der Waals surface area contributed by atoms with E-state index in [2.05, 4.69) is 0 Å². The predicted octanol–water partition coefficient (Wildman–Crippen LogP) is -4.26. The van der Waals surface area contributed by atoms with Crippen molar-refractivity contribution in [1.82, 2.24) is 0 Å². The van der Waals surface area contributed by atoms with E-state index >= 15 is 0 Å². The summed E-state index contributed by atoms with van der Waals surface area (Å²) in [7, 11) is -4.15. The summed E-state index contributed by atoms with van der Waals surface area (Å²) >= 11 is 0. The molecule has 1 saturated heterocycles. The summed E-state index contributed by atoms with van der Waals surface area (Å²) in [5.74, 6) is 0. The van der Waals surface area contributed by atoms with Crippen LogP contribution in [0.1, 0.15) is 0 Å². The van der Waals surface area contributed by atoms with Gasteiger partial charge in [0.2, 0.25) is 0 Å². The van der Waals surface area contributed by atoms with Gasteiger partial charge in [-0.25, -0.2) is 0 Å². The molecule has 0 radical (unpaired) electrons. The Morgan fingerprint density at radius 2 is 1.56 bits per heavy atom. The second-order valence-corrected chi connectivity index (χ2v) is 8.84. The van der Waals surface area contributed by atoms with Crippen LogP contribution in [0.3, 0.4) is 0 Å². The molecule has 0 unspecified atom stereocenters. The molecular formula is H9NO4Si4. The lowest BCUT2D eigenvalue weighted by Crippen LogP contribution is -2.40. The van der Waals surface area contributed by atoms with E-state index in [1.165, 1.54) is 0 Å². The summed E-state index contributed by atoms with van der Waals surface area (Å²) in [6.45, 7) is 0. The van der Waals surface area contributed by atoms with Crippen LogP contribution < -0.4 is 5.40 Å². The first-order chi connectivity index (χ1) is 4.39. The van der Waals surface area contributed by atoms with Crippen molar-refractivity contribution in [2.45, 2.75) is 0 Å². The van der Waals surface area contributed by atoms with Crippen molar-refractivity contribution in [1.29, 1.82) is 0 Å². The summed E-state index contributed by atoms with van der Waals surface area (Å²) in [5.41, 5.74) is 0. The third-order valence-corrected chi connectivity index (χ3v) is 7.18. The third kappa shape index (κ3) is 3.39. The molecule has 0 spiro atoms. The van der Waals surface area contributed by atoms with Crippen molar-refractivity contribution in [2.75, 3.05) is 0 Å². The van der Waals surface area contributed by atoms with Crippen molar-refractivity contribution in [3.8, 4) is 0 Å². The molecular weight excluding hydrogens is 190 g/mol. The maximum atomic E-state index is 5.42. The van der Waals surface area contributed by atoms with Gasteiger partial charge in [-0.2, -0.15) is 0 Å². The Bertz CT molecular complexity index is 71.0. The molecule has 54 valence electrons. The second kappa shape index (κ2) is 4.48. The molecule has 2 N–H and O–H groups in total. The number of rotatable bonds is 0. The van der Waals surface area contributed by atoms with Crippen LogP contribution in [0.2, 0.25) is 0 Å². The van der Waals surface area contributed by atoms with Crippen molar-refractivity contribution in [2.24, 2.45) is 5.40 Å². The Balaban J connectivity index is 2.12. The molecule has 9 heteroatoms. The van der Waals surface area contributed by atoms with Crippen molar-refractivity contribution in [3.63, 3.8) is 0 Å². The largest absolute Gasteiger partial charge is 0.425 e. The molecule has 1 fully saturated rings. The van der Waals surface area contributed by atoms with E-state index in [-0.39, 0.29) is 0 Å². The summed E-state index contributed by atoms with van der Waals surface area (Å²) in [4.78, 5) is 0. The summed E-state index contributed by atoms with van der Waals surface area (Å²) < 4.78 is 20.3. The molecule has 0 aromatic rings. The van der Waals surface area contributed by atoms with Gasteiger partial charge in [-0.3, -0.25) is 0 Å². The van der Waals surface area contributed by atoms with Crippen LogP contribution in [0, 0.1) is 0 Å². The summed E-state index contributed by atoms with van der Waals surface area (Å²) in [6, 6.07) is 0. The van der Waals surface area contributed by atoms with Gasteiger partial charge in [-0.1, -0.05) is 0 Å². The Labute approximate surface area is 61.9 Å². The number of hydrogen-bond acceptors (Lipinski definition) is 5. The monoisotopic (exact) mass is 199 g/mol. The molecule has 0 aromatic carbocycles. The van der Waals surface area contributed by atoms with E-state index in [9.17, 15) is 0 Å². The summed E-state index contributed by atoms with van der Waals surface area (Å²) in [6.07, 6.45) is 0. The molecule has 1 aliphatic heterocycles. The van der Waals surface area contributed by atoms with Crippen LogP contribution in [0.25, 0.3) is 0 Å². The van der Waals surface area contributed by atoms with Crippen LogP contribution in [-0.2, 0) is 16.5 Å². The van der Waals surface area contributed by atoms with Gasteiger partial charge in [-0.15, -0.1) is 0 Å². The lowest BCUT2D eigenvalue weighted by Gasteiger charge is -2.15. The highest BCUT2D eigenvalue weighted by molar-refractivity contribution is 6.57. The first-order valence-corrected chi connectivity index (χ1v) is 7.61. The molecule has 1 rings (SSSR count). The van der Waals surface area contributed by atoms with Gasteiger partial charge < -0.3 is 21.9 Å². The Morgan fingerprint density at radius 3 is 2.11 bits per heavy atom. The normalized spacial score (nSPS) is 39.0. The quantitative estimate of drug-likeness (QED) is 0.400. The van der Waals surface area contributed by atoms with Crippen molar-refractivity contribution >= 4 is 39.5 Å². The fraction of sp³-hybridized carbons (Fsp3) is 0. The minimum absolute atomic E-state index is 0.731.